The summed E-state index contributed by atoms with van der Waals surface area (Å²) in [5.41, 5.74) is 0. The number of aliphatic hydroxyl groups excluding tert-OH is 1. The largest absolute Gasteiger partial charge is 0.392 e. The van der Waals surface area contributed by atoms with Crippen molar-refractivity contribution in [2.45, 2.75) is 38.7 Å². The number of aliphatic hydroxyl groups is 1. The van der Waals surface area contributed by atoms with Gasteiger partial charge in [0.05, 0.1) is 6.10 Å². The zero-order chi connectivity index (χ0) is 11.1. The van der Waals surface area contributed by atoms with Gasteiger partial charge in [0.25, 0.3) is 0 Å². The Morgan fingerprint density at radius 1 is 1.40 bits per heavy atom. The normalized spacial score (nSPS) is 20.8. The Labute approximate surface area is 93.4 Å². The molecule has 90 valence electrons. The first-order valence-electron chi connectivity index (χ1n) is 6.16. The average Bonchev–Trinajstić information content (AvgIpc) is 2.19. The van der Waals surface area contributed by atoms with Crippen LogP contribution in [0.3, 0.4) is 0 Å². The van der Waals surface area contributed by atoms with Crippen LogP contribution in [0.25, 0.3) is 0 Å². The standard InChI is InChI=1S/C12H25NO2/c1-3-4-12(14)10-13(2)9-11-5-7-15-8-6-11/h11-12,14H,3-10H2,1-2H3. The summed E-state index contributed by atoms with van der Waals surface area (Å²) >= 11 is 0. The summed E-state index contributed by atoms with van der Waals surface area (Å²) in [5.74, 6) is 0.762. The summed E-state index contributed by atoms with van der Waals surface area (Å²) in [6, 6.07) is 0. The van der Waals surface area contributed by atoms with Crippen molar-refractivity contribution in [2.24, 2.45) is 5.92 Å². The van der Waals surface area contributed by atoms with Gasteiger partial charge in [0.2, 0.25) is 0 Å². The molecule has 0 spiro atoms. The average molecular weight is 215 g/mol. The second-order valence-electron chi connectivity index (χ2n) is 4.72. The second-order valence-corrected chi connectivity index (χ2v) is 4.72. The molecule has 0 amide bonds. The van der Waals surface area contributed by atoms with Crippen LogP contribution in [0.15, 0.2) is 0 Å². The lowest BCUT2D eigenvalue weighted by Gasteiger charge is -2.28. The molecule has 0 aromatic heterocycles. The van der Waals surface area contributed by atoms with Crippen LogP contribution in [0.2, 0.25) is 0 Å². The molecule has 1 rings (SSSR count). The first-order valence-corrected chi connectivity index (χ1v) is 6.16. The van der Waals surface area contributed by atoms with E-state index in [9.17, 15) is 5.11 Å². The minimum absolute atomic E-state index is 0.153. The quantitative estimate of drug-likeness (QED) is 0.729. The van der Waals surface area contributed by atoms with Gasteiger partial charge in [-0.15, -0.1) is 0 Å². The monoisotopic (exact) mass is 215 g/mol. The van der Waals surface area contributed by atoms with E-state index in [1.165, 1.54) is 12.8 Å². The highest BCUT2D eigenvalue weighted by Crippen LogP contribution is 2.15. The minimum Gasteiger partial charge on any atom is -0.392 e. The van der Waals surface area contributed by atoms with Crippen LogP contribution in [0.4, 0.5) is 0 Å². The van der Waals surface area contributed by atoms with Crippen molar-refractivity contribution >= 4 is 0 Å². The van der Waals surface area contributed by atoms with Crippen molar-refractivity contribution in [2.75, 3.05) is 33.4 Å². The summed E-state index contributed by atoms with van der Waals surface area (Å²) in [4.78, 5) is 2.26. The van der Waals surface area contributed by atoms with E-state index in [0.29, 0.717) is 0 Å². The molecule has 1 N–H and O–H groups in total. The molecule has 15 heavy (non-hydrogen) atoms. The number of likely N-dealkylation sites (N-methyl/N-ethyl adjacent to an activating group) is 1. The lowest BCUT2D eigenvalue weighted by atomic mass is 10.00. The predicted molar refractivity (Wildman–Crippen MR) is 62.0 cm³/mol. The molecule has 0 bridgehead atoms. The number of hydrogen-bond donors (Lipinski definition) is 1. The third-order valence-corrected chi connectivity index (χ3v) is 3.06. The highest BCUT2D eigenvalue weighted by molar-refractivity contribution is 4.69. The van der Waals surface area contributed by atoms with E-state index in [1.54, 1.807) is 0 Å². The van der Waals surface area contributed by atoms with E-state index in [4.69, 9.17) is 4.74 Å². The maximum atomic E-state index is 9.68. The van der Waals surface area contributed by atoms with E-state index in [0.717, 1.165) is 45.1 Å². The zero-order valence-corrected chi connectivity index (χ0v) is 10.1. The van der Waals surface area contributed by atoms with Crippen molar-refractivity contribution < 1.29 is 9.84 Å². The van der Waals surface area contributed by atoms with Gasteiger partial charge in [0.1, 0.15) is 0 Å². The maximum absolute atomic E-state index is 9.68. The first kappa shape index (κ1) is 12.9. The summed E-state index contributed by atoms with van der Waals surface area (Å²) in [7, 11) is 2.11. The molecular formula is C12H25NO2. The van der Waals surface area contributed by atoms with Gasteiger partial charge in [-0.2, -0.15) is 0 Å². The Balaban J connectivity index is 2.13. The Bertz CT molecular complexity index is 158. The Morgan fingerprint density at radius 3 is 2.67 bits per heavy atom. The van der Waals surface area contributed by atoms with Crippen LogP contribution in [0.5, 0.6) is 0 Å². The van der Waals surface area contributed by atoms with E-state index < -0.39 is 0 Å². The zero-order valence-electron chi connectivity index (χ0n) is 10.1. The number of nitrogens with zero attached hydrogens (tertiary/aromatic N) is 1. The van der Waals surface area contributed by atoms with Crippen molar-refractivity contribution in [1.82, 2.24) is 4.90 Å². The van der Waals surface area contributed by atoms with Crippen LogP contribution < -0.4 is 0 Å². The fourth-order valence-electron chi connectivity index (χ4n) is 2.23. The second kappa shape index (κ2) is 7.20. The first-order chi connectivity index (χ1) is 7.22. The van der Waals surface area contributed by atoms with Crippen LogP contribution in [0.1, 0.15) is 32.6 Å². The van der Waals surface area contributed by atoms with Crippen molar-refractivity contribution in [3.05, 3.63) is 0 Å². The van der Waals surface area contributed by atoms with Gasteiger partial charge in [0, 0.05) is 26.3 Å². The molecular weight excluding hydrogens is 190 g/mol. The highest BCUT2D eigenvalue weighted by Gasteiger charge is 2.16. The fourth-order valence-corrected chi connectivity index (χ4v) is 2.23. The summed E-state index contributed by atoms with van der Waals surface area (Å²) < 4.78 is 5.33. The van der Waals surface area contributed by atoms with Gasteiger partial charge in [-0.05, 0) is 32.2 Å². The molecule has 1 aliphatic heterocycles. The number of ether oxygens (including phenoxy) is 1. The van der Waals surface area contributed by atoms with E-state index in [-0.39, 0.29) is 6.10 Å². The molecule has 1 fully saturated rings. The van der Waals surface area contributed by atoms with E-state index in [2.05, 4.69) is 18.9 Å². The fraction of sp³-hybridized carbons (Fsp3) is 1.00. The van der Waals surface area contributed by atoms with Gasteiger partial charge >= 0.3 is 0 Å². The van der Waals surface area contributed by atoms with Gasteiger partial charge in [-0.1, -0.05) is 13.3 Å². The van der Waals surface area contributed by atoms with Gasteiger partial charge in [-0.3, -0.25) is 0 Å². The number of hydrogen-bond acceptors (Lipinski definition) is 3. The minimum atomic E-state index is -0.153. The lowest BCUT2D eigenvalue weighted by Crippen LogP contribution is -2.34. The van der Waals surface area contributed by atoms with Gasteiger partial charge in [-0.25, -0.2) is 0 Å². The Hall–Kier alpha value is -0.120. The highest BCUT2D eigenvalue weighted by atomic mass is 16.5. The van der Waals surface area contributed by atoms with Crippen molar-refractivity contribution in [3.8, 4) is 0 Å². The SMILES string of the molecule is CCCC(O)CN(C)CC1CCOCC1. The number of rotatable bonds is 6. The molecule has 0 radical (unpaired) electrons. The van der Waals surface area contributed by atoms with E-state index >= 15 is 0 Å². The van der Waals surface area contributed by atoms with Crippen LogP contribution >= 0.6 is 0 Å². The van der Waals surface area contributed by atoms with Gasteiger partial charge in [0.15, 0.2) is 0 Å². The summed E-state index contributed by atoms with van der Waals surface area (Å²) in [6.45, 7) is 5.85. The topological polar surface area (TPSA) is 32.7 Å². The van der Waals surface area contributed by atoms with Crippen LogP contribution in [-0.2, 0) is 4.74 Å². The molecule has 0 aromatic rings. The van der Waals surface area contributed by atoms with Gasteiger partial charge < -0.3 is 14.7 Å². The maximum Gasteiger partial charge on any atom is 0.0666 e. The summed E-state index contributed by atoms with van der Waals surface area (Å²) in [5, 5.41) is 9.68. The Kier molecular flexibility index (Phi) is 6.22. The summed E-state index contributed by atoms with van der Waals surface area (Å²) in [6.07, 6.45) is 4.17. The molecule has 1 aliphatic rings. The molecule has 1 atom stereocenters. The van der Waals surface area contributed by atoms with Crippen LogP contribution in [0, 0.1) is 5.92 Å². The van der Waals surface area contributed by atoms with Crippen molar-refractivity contribution in [1.29, 1.82) is 0 Å². The van der Waals surface area contributed by atoms with Crippen molar-refractivity contribution in [3.63, 3.8) is 0 Å². The Morgan fingerprint density at radius 2 is 2.07 bits per heavy atom. The third-order valence-electron chi connectivity index (χ3n) is 3.06. The van der Waals surface area contributed by atoms with Crippen LogP contribution in [-0.4, -0.2) is 49.5 Å². The molecule has 1 unspecified atom stereocenters. The molecule has 3 heteroatoms. The van der Waals surface area contributed by atoms with E-state index in [1.807, 2.05) is 0 Å². The third kappa shape index (κ3) is 5.50. The molecule has 1 heterocycles. The smallest absolute Gasteiger partial charge is 0.0666 e. The molecule has 0 saturated carbocycles. The lowest BCUT2D eigenvalue weighted by molar-refractivity contribution is 0.0469. The molecule has 0 aliphatic carbocycles. The molecule has 1 saturated heterocycles. The molecule has 3 nitrogen and oxygen atoms in total. The predicted octanol–water partition coefficient (Wildman–Crippen LogP) is 1.51. The molecule has 0 aromatic carbocycles.